The highest BCUT2D eigenvalue weighted by molar-refractivity contribution is 9.10. The van der Waals surface area contributed by atoms with E-state index >= 15 is 0 Å². The number of piperidine rings is 1. The maximum absolute atomic E-state index is 13.5. The number of fused-ring (bicyclic) bond motifs is 1. The Hall–Kier alpha value is -3.23. The molecule has 0 atom stereocenters. The number of aromatic nitrogens is 2. The Bertz CT molecular complexity index is 1630. The van der Waals surface area contributed by atoms with Crippen LogP contribution in [0.1, 0.15) is 32.3 Å². The minimum atomic E-state index is -5.61. The summed E-state index contributed by atoms with van der Waals surface area (Å²) in [6.45, 7) is 6.50. The lowest BCUT2D eigenvalue weighted by molar-refractivity contribution is -0.122. The molecule has 0 saturated carbocycles. The highest BCUT2D eigenvalue weighted by Gasteiger charge is 2.48. The van der Waals surface area contributed by atoms with Crippen LogP contribution in [0.25, 0.3) is 0 Å². The predicted octanol–water partition coefficient (Wildman–Crippen LogP) is 5.99. The minimum absolute atomic E-state index is 0.0485. The van der Waals surface area contributed by atoms with Gasteiger partial charge in [0.05, 0.1) is 20.5 Å². The van der Waals surface area contributed by atoms with Crippen molar-refractivity contribution in [3.63, 3.8) is 0 Å². The third-order valence-corrected chi connectivity index (χ3v) is 9.88. The standard InChI is InChI=1S/C28H30BrF3N6O3S/c1-27(2)19-14-18(8-9-22(19)38(25(27)39)16-17-10-12-37(3)13-11-17)34-26-33-15-20(29)24(36-26)35-21-6-4-5-7-23(21)42(40,41)28(30,31)32/h4-9,14-15,17H,10-13,16H2,1-3H3,(H2,33,34,35,36). The summed E-state index contributed by atoms with van der Waals surface area (Å²) in [5.74, 6) is 0.649. The molecule has 1 aromatic heterocycles. The van der Waals surface area contributed by atoms with Gasteiger partial charge in [0.25, 0.3) is 9.84 Å². The summed E-state index contributed by atoms with van der Waals surface area (Å²) in [6, 6.07) is 10.3. The van der Waals surface area contributed by atoms with E-state index < -0.39 is 25.7 Å². The molecule has 2 aromatic carbocycles. The zero-order valence-corrected chi connectivity index (χ0v) is 25.6. The first-order valence-electron chi connectivity index (χ1n) is 13.3. The number of hydrogen-bond donors (Lipinski definition) is 2. The second-order valence-electron chi connectivity index (χ2n) is 11.1. The number of rotatable bonds is 7. The van der Waals surface area contributed by atoms with Crippen molar-refractivity contribution in [1.29, 1.82) is 0 Å². The zero-order chi connectivity index (χ0) is 30.4. The fraction of sp³-hybridized carbons (Fsp3) is 0.393. The summed E-state index contributed by atoms with van der Waals surface area (Å²) in [4.78, 5) is 25.3. The highest BCUT2D eigenvalue weighted by atomic mass is 79.9. The van der Waals surface area contributed by atoms with E-state index in [2.05, 4.69) is 48.5 Å². The number of para-hydroxylation sites is 1. The van der Waals surface area contributed by atoms with E-state index in [-0.39, 0.29) is 23.4 Å². The number of carbonyl (C=O) groups is 1. The molecule has 2 N–H and O–H groups in total. The van der Waals surface area contributed by atoms with Crippen LogP contribution in [0.3, 0.4) is 0 Å². The number of nitrogens with zero attached hydrogens (tertiary/aromatic N) is 4. The Kier molecular flexibility index (Phi) is 8.00. The predicted molar refractivity (Wildman–Crippen MR) is 158 cm³/mol. The molecule has 2 aliphatic heterocycles. The topological polar surface area (TPSA) is 108 Å². The molecule has 0 bridgehead atoms. The zero-order valence-electron chi connectivity index (χ0n) is 23.2. The van der Waals surface area contributed by atoms with Gasteiger partial charge in [0.1, 0.15) is 5.82 Å². The summed E-state index contributed by atoms with van der Waals surface area (Å²) in [7, 11) is -3.50. The molecule has 0 aliphatic carbocycles. The average Bonchev–Trinajstić information content (AvgIpc) is 3.11. The molecule has 3 heterocycles. The molecule has 1 fully saturated rings. The molecule has 42 heavy (non-hydrogen) atoms. The van der Waals surface area contributed by atoms with Gasteiger partial charge in [0.2, 0.25) is 11.9 Å². The lowest BCUT2D eigenvalue weighted by Gasteiger charge is -2.32. The average molecular weight is 668 g/mol. The molecule has 224 valence electrons. The van der Waals surface area contributed by atoms with E-state index in [0.717, 1.165) is 43.2 Å². The van der Waals surface area contributed by atoms with Gasteiger partial charge >= 0.3 is 5.51 Å². The van der Waals surface area contributed by atoms with Crippen molar-refractivity contribution in [3.8, 4) is 0 Å². The van der Waals surface area contributed by atoms with Gasteiger partial charge in [-0.3, -0.25) is 4.79 Å². The Morgan fingerprint density at radius 3 is 2.48 bits per heavy atom. The van der Waals surface area contributed by atoms with E-state index in [0.29, 0.717) is 22.6 Å². The number of benzene rings is 2. The SMILES string of the molecule is CN1CCC(CN2C(=O)C(C)(C)c3cc(Nc4ncc(Br)c(Nc5ccccc5S(=O)(=O)C(F)(F)F)n4)ccc32)CC1. The number of carbonyl (C=O) groups excluding carboxylic acids is 1. The van der Waals surface area contributed by atoms with Gasteiger partial charge in [-0.1, -0.05) is 12.1 Å². The van der Waals surface area contributed by atoms with E-state index in [9.17, 15) is 26.4 Å². The number of anilines is 5. The van der Waals surface area contributed by atoms with E-state index in [1.807, 2.05) is 36.9 Å². The fourth-order valence-electron chi connectivity index (χ4n) is 5.30. The lowest BCUT2D eigenvalue weighted by atomic mass is 9.86. The third-order valence-electron chi connectivity index (χ3n) is 7.75. The number of halogens is 4. The lowest BCUT2D eigenvalue weighted by Crippen LogP contribution is -2.41. The molecule has 14 heteroatoms. The van der Waals surface area contributed by atoms with E-state index in [4.69, 9.17) is 0 Å². The molecule has 1 amide bonds. The molecular weight excluding hydrogens is 637 g/mol. The van der Waals surface area contributed by atoms with Crippen LogP contribution in [0.15, 0.2) is 58.0 Å². The number of alkyl halides is 3. The Labute approximate surface area is 250 Å². The van der Waals surface area contributed by atoms with E-state index in [1.54, 1.807) is 0 Å². The van der Waals surface area contributed by atoms with Crippen molar-refractivity contribution in [1.82, 2.24) is 14.9 Å². The van der Waals surface area contributed by atoms with E-state index in [1.165, 1.54) is 24.4 Å². The Morgan fingerprint density at radius 2 is 1.79 bits per heavy atom. The fourth-order valence-corrected chi connectivity index (χ4v) is 6.50. The van der Waals surface area contributed by atoms with Crippen molar-refractivity contribution in [2.45, 2.75) is 42.5 Å². The van der Waals surface area contributed by atoms with Gasteiger partial charge in [0.15, 0.2) is 0 Å². The second-order valence-corrected chi connectivity index (χ2v) is 13.9. The molecule has 0 spiro atoms. The van der Waals surface area contributed by atoms with Crippen molar-refractivity contribution >= 4 is 60.5 Å². The number of nitrogens with one attached hydrogen (secondary N) is 2. The molecule has 3 aromatic rings. The molecule has 2 aliphatic rings. The van der Waals surface area contributed by atoms with Crippen molar-refractivity contribution in [2.24, 2.45) is 5.92 Å². The van der Waals surface area contributed by atoms with Gasteiger partial charge in [-0.25, -0.2) is 13.4 Å². The summed E-state index contributed by atoms with van der Waals surface area (Å²) in [5, 5.41) is 5.77. The normalized spacial score (nSPS) is 17.8. The van der Waals surface area contributed by atoms with Crippen LogP contribution in [0.5, 0.6) is 0 Å². The van der Waals surface area contributed by atoms with Crippen LogP contribution in [0.4, 0.5) is 42.0 Å². The smallest absolute Gasteiger partial charge is 0.338 e. The minimum Gasteiger partial charge on any atom is -0.338 e. The first-order valence-corrected chi connectivity index (χ1v) is 15.6. The molecule has 9 nitrogen and oxygen atoms in total. The van der Waals surface area contributed by atoms with Crippen LogP contribution >= 0.6 is 15.9 Å². The quantitative estimate of drug-likeness (QED) is 0.317. The van der Waals surface area contributed by atoms with Gasteiger partial charge in [-0.05, 0) is 105 Å². The Morgan fingerprint density at radius 1 is 1.10 bits per heavy atom. The van der Waals surface area contributed by atoms with Crippen LogP contribution in [-0.2, 0) is 20.0 Å². The first-order chi connectivity index (χ1) is 19.7. The van der Waals surface area contributed by atoms with Crippen LogP contribution in [0, 0.1) is 5.92 Å². The van der Waals surface area contributed by atoms with Gasteiger partial charge in [-0.15, -0.1) is 0 Å². The summed E-state index contributed by atoms with van der Waals surface area (Å²) < 4.78 is 64.3. The number of amides is 1. The van der Waals surface area contributed by atoms with Crippen LogP contribution in [-0.4, -0.2) is 61.4 Å². The largest absolute Gasteiger partial charge is 0.501 e. The summed E-state index contributed by atoms with van der Waals surface area (Å²) >= 11 is 3.27. The maximum Gasteiger partial charge on any atom is 0.501 e. The molecular formula is C28H30BrF3N6O3S. The molecule has 0 radical (unpaired) electrons. The second kappa shape index (κ2) is 11.1. The summed E-state index contributed by atoms with van der Waals surface area (Å²) in [6.07, 6.45) is 3.47. The molecule has 5 rings (SSSR count). The number of hydrogen-bond acceptors (Lipinski definition) is 8. The third kappa shape index (κ3) is 5.71. The summed E-state index contributed by atoms with van der Waals surface area (Å²) in [5.41, 5.74) is -4.14. The van der Waals surface area contributed by atoms with Gasteiger partial charge < -0.3 is 20.4 Å². The number of sulfone groups is 1. The Balaban J connectivity index is 1.39. The van der Waals surface area contributed by atoms with Crippen molar-refractivity contribution < 1.29 is 26.4 Å². The monoisotopic (exact) mass is 666 g/mol. The van der Waals surface area contributed by atoms with Crippen molar-refractivity contribution in [2.75, 3.05) is 42.2 Å². The van der Waals surface area contributed by atoms with Crippen LogP contribution < -0.4 is 15.5 Å². The molecule has 0 unspecified atom stereocenters. The van der Waals surface area contributed by atoms with Crippen molar-refractivity contribution in [3.05, 3.63) is 58.7 Å². The van der Waals surface area contributed by atoms with Gasteiger partial charge in [-0.2, -0.15) is 18.2 Å². The maximum atomic E-state index is 13.5. The highest BCUT2D eigenvalue weighted by Crippen LogP contribution is 2.44. The van der Waals surface area contributed by atoms with Crippen LogP contribution in [0.2, 0.25) is 0 Å². The first kappa shape index (κ1) is 30.2. The molecule has 1 saturated heterocycles. The van der Waals surface area contributed by atoms with Gasteiger partial charge in [0, 0.05) is 24.1 Å². The number of likely N-dealkylation sites (tertiary alicyclic amines) is 1.